The Morgan fingerprint density at radius 1 is 0.880 bits per heavy atom. The second-order valence-corrected chi connectivity index (χ2v) is 5.09. The summed E-state index contributed by atoms with van der Waals surface area (Å²) in [6.45, 7) is 1.00. The third kappa shape index (κ3) is 4.96. The predicted octanol–water partition coefficient (Wildman–Crippen LogP) is 1.85. The van der Waals surface area contributed by atoms with Crippen molar-refractivity contribution >= 4 is 23.2 Å². The first-order valence-electron chi connectivity index (χ1n) is 7.74. The molecule has 0 saturated heterocycles. The number of nitrogens with one attached hydrogen (secondary N) is 3. The average Bonchev–Trinajstić information content (AvgIpc) is 2.68. The van der Waals surface area contributed by atoms with Crippen molar-refractivity contribution < 1.29 is 4.79 Å². The Balaban J connectivity index is 1.42. The highest BCUT2D eigenvalue weighted by molar-refractivity contribution is 5.93. The van der Waals surface area contributed by atoms with Crippen molar-refractivity contribution in [2.75, 3.05) is 23.7 Å². The van der Waals surface area contributed by atoms with Gasteiger partial charge < -0.3 is 16.0 Å². The lowest BCUT2D eigenvalue weighted by molar-refractivity contribution is 0.0955. The maximum atomic E-state index is 11.9. The van der Waals surface area contributed by atoms with Gasteiger partial charge in [-0.2, -0.15) is 0 Å². The molecule has 0 atom stereocenters. The predicted molar refractivity (Wildman–Crippen MR) is 94.6 cm³/mol. The molecule has 126 valence electrons. The molecule has 3 aromatic rings. The summed E-state index contributed by atoms with van der Waals surface area (Å²) in [7, 11) is 0. The van der Waals surface area contributed by atoms with Crippen LogP contribution in [0.25, 0.3) is 0 Å². The first-order chi connectivity index (χ1) is 12.3. The molecule has 0 spiro atoms. The van der Waals surface area contributed by atoms with E-state index in [9.17, 15) is 4.79 Å². The van der Waals surface area contributed by atoms with Crippen LogP contribution in [-0.4, -0.2) is 39.2 Å². The molecule has 3 heterocycles. The maximum absolute atomic E-state index is 11.9. The zero-order chi connectivity index (χ0) is 17.3. The summed E-state index contributed by atoms with van der Waals surface area (Å²) < 4.78 is 0. The van der Waals surface area contributed by atoms with Crippen LogP contribution >= 0.6 is 0 Å². The van der Waals surface area contributed by atoms with Gasteiger partial charge in [0.25, 0.3) is 5.91 Å². The lowest BCUT2D eigenvalue weighted by atomic mass is 10.3. The number of carbonyl (C=O) groups excluding carboxylic acids is 1. The molecule has 1 amide bonds. The molecule has 0 aromatic carbocycles. The molecule has 8 heteroatoms. The third-order valence-corrected chi connectivity index (χ3v) is 3.26. The summed E-state index contributed by atoms with van der Waals surface area (Å²) in [6.07, 6.45) is 6.56. The molecule has 0 aliphatic rings. The summed E-state index contributed by atoms with van der Waals surface area (Å²) in [5.74, 6) is 1.12. The third-order valence-electron chi connectivity index (χ3n) is 3.26. The van der Waals surface area contributed by atoms with Crippen molar-refractivity contribution in [2.45, 2.75) is 0 Å². The maximum Gasteiger partial charge on any atom is 0.252 e. The van der Waals surface area contributed by atoms with Crippen molar-refractivity contribution in [3.63, 3.8) is 0 Å². The van der Waals surface area contributed by atoms with E-state index in [4.69, 9.17) is 0 Å². The number of hydrogen-bond acceptors (Lipinski definition) is 7. The molecule has 3 rings (SSSR count). The molecule has 0 radical (unpaired) electrons. The Hall–Kier alpha value is -3.55. The summed E-state index contributed by atoms with van der Waals surface area (Å²) in [5, 5.41) is 17.2. The molecule has 0 aliphatic heterocycles. The summed E-state index contributed by atoms with van der Waals surface area (Å²) >= 11 is 0. The number of nitrogens with zero attached hydrogens (tertiary/aromatic N) is 4. The average molecular weight is 335 g/mol. The topological polar surface area (TPSA) is 105 Å². The number of pyridine rings is 2. The molecular formula is C17H17N7O. The van der Waals surface area contributed by atoms with Gasteiger partial charge in [-0.25, -0.2) is 0 Å². The summed E-state index contributed by atoms with van der Waals surface area (Å²) in [6, 6.07) is 10.8. The van der Waals surface area contributed by atoms with Crippen LogP contribution in [-0.2, 0) is 0 Å². The van der Waals surface area contributed by atoms with Crippen LogP contribution in [0.5, 0.6) is 0 Å². The van der Waals surface area contributed by atoms with Crippen LogP contribution in [0.15, 0.2) is 61.2 Å². The number of hydrogen-bond donors (Lipinski definition) is 3. The quantitative estimate of drug-likeness (QED) is 0.566. The van der Waals surface area contributed by atoms with Gasteiger partial charge in [-0.15, -0.1) is 10.2 Å². The van der Waals surface area contributed by atoms with E-state index in [2.05, 4.69) is 36.1 Å². The first kappa shape index (κ1) is 16.3. The lowest BCUT2D eigenvalue weighted by Gasteiger charge is -2.08. The van der Waals surface area contributed by atoms with Gasteiger partial charge in [0.2, 0.25) is 0 Å². The van der Waals surface area contributed by atoms with E-state index in [1.165, 1.54) is 6.20 Å². The van der Waals surface area contributed by atoms with Crippen molar-refractivity contribution in [2.24, 2.45) is 0 Å². The van der Waals surface area contributed by atoms with Gasteiger partial charge in [0.05, 0.1) is 5.56 Å². The van der Waals surface area contributed by atoms with Crippen molar-refractivity contribution in [3.05, 3.63) is 66.7 Å². The fraction of sp³-hybridized carbons (Fsp3) is 0.118. The van der Waals surface area contributed by atoms with E-state index in [1.807, 2.05) is 24.3 Å². The summed E-state index contributed by atoms with van der Waals surface area (Å²) in [5.41, 5.74) is 1.43. The second-order valence-electron chi connectivity index (χ2n) is 5.09. The summed E-state index contributed by atoms with van der Waals surface area (Å²) in [4.78, 5) is 19.7. The molecule has 3 N–H and O–H groups in total. The monoisotopic (exact) mass is 335 g/mol. The fourth-order valence-electron chi connectivity index (χ4n) is 2.04. The molecule has 25 heavy (non-hydrogen) atoms. The molecular weight excluding hydrogens is 318 g/mol. The van der Waals surface area contributed by atoms with Crippen molar-refractivity contribution in [3.8, 4) is 0 Å². The zero-order valence-electron chi connectivity index (χ0n) is 13.4. The Labute approximate surface area is 144 Å². The molecule has 0 fully saturated rings. The van der Waals surface area contributed by atoms with Gasteiger partial charge in [-0.1, -0.05) is 0 Å². The molecule has 3 aromatic heterocycles. The van der Waals surface area contributed by atoms with E-state index in [1.54, 1.807) is 30.7 Å². The number of amides is 1. The SMILES string of the molecule is O=C(NCCNc1ccc(Nc2ccncc2)nn1)c1cccnc1. The second kappa shape index (κ2) is 8.34. The Bertz CT molecular complexity index is 794. The first-order valence-corrected chi connectivity index (χ1v) is 7.74. The number of carbonyl (C=O) groups is 1. The highest BCUT2D eigenvalue weighted by Gasteiger charge is 2.04. The van der Waals surface area contributed by atoms with Crippen LogP contribution in [0.3, 0.4) is 0 Å². The van der Waals surface area contributed by atoms with Gasteiger partial charge in [-0.3, -0.25) is 14.8 Å². The molecule has 8 nitrogen and oxygen atoms in total. The van der Waals surface area contributed by atoms with E-state index < -0.39 is 0 Å². The van der Waals surface area contributed by atoms with Gasteiger partial charge in [-0.05, 0) is 36.4 Å². The van der Waals surface area contributed by atoms with Crippen molar-refractivity contribution in [1.82, 2.24) is 25.5 Å². The van der Waals surface area contributed by atoms with E-state index in [0.717, 1.165) is 5.69 Å². The van der Waals surface area contributed by atoms with Crippen LogP contribution in [0, 0.1) is 0 Å². The lowest BCUT2D eigenvalue weighted by Crippen LogP contribution is -2.28. The van der Waals surface area contributed by atoms with E-state index >= 15 is 0 Å². The minimum absolute atomic E-state index is 0.155. The van der Waals surface area contributed by atoms with Gasteiger partial charge in [0, 0.05) is 43.6 Å². The van der Waals surface area contributed by atoms with E-state index in [0.29, 0.717) is 30.3 Å². The largest absolute Gasteiger partial charge is 0.367 e. The minimum atomic E-state index is -0.155. The van der Waals surface area contributed by atoms with Crippen LogP contribution in [0.1, 0.15) is 10.4 Å². The highest BCUT2D eigenvalue weighted by atomic mass is 16.1. The molecule has 0 aliphatic carbocycles. The van der Waals surface area contributed by atoms with E-state index in [-0.39, 0.29) is 5.91 Å². The van der Waals surface area contributed by atoms with Gasteiger partial charge in [0.1, 0.15) is 5.82 Å². The minimum Gasteiger partial charge on any atom is -0.367 e. The van der Waals surface area contributed by atoms with Gasteiger partial charge >= 0.3 is 0 Å². The zero-order valence-corrected chi connectivity index (χ0v) is 13.4. The number of anilines is 3. The van der Waals surface area contributed by atoms with Crippen LogP contribution in [0.4, 0.5) is 17.3 Å². The number of aromatic nitrogens is 4. The Morgan fingerprint density at radius 2 is 1.68 bits per heavy atom. The Morgan fingerprint density at radius 3 is 2.40 bits per heavy atom. The van der Waals surface area contributed by atoms with Crippen LogP contribution < -0.4 is 16.0 Å². The molecule has 0 saturated carbocycles. The highest BCUT2D eigenvalue weighted by Crippen LogP contribution is 2.13. The molecule has 0 bridgehead atoms. The van der Waals surface area contributed by atoms with Gasteiger partial charge in [0.15, 0.2) is 5.82 Å². The standard InChI is InChI=1S/C17H17N7O/c25-17(13-2-1-7-19-12-13)21-11-10-20-15-3-4-16(24-23-15)22-14-5-8-18-9-6-14/h1-9,12H,10-11H2,(H,20,23)(H,21,25)(H,18,22,24). The number of rotatable bonds is 7. The Kier molecular flexibility index (Phi) is 5.44. The van der Waals surface area contributed by atoms with Crippen molar-refractivity contribution in [1.29, 1.82) is 0 Å². The smallest absolute Gasteiger partial charge is 0.252 e. The molecule has 0 unspecified atom stereocenters. The fourth-order valence-corrected chi connectivity index (χ4v) is 2.04. The van der Waals surface area contributed by atoms with Crippen LogP contribution in [0.2, 0.25) is 0 Å². The normalized spacial score (nSPS) is 10.1.